The van der Waals surface area contributed by atoms with Gasteiger partial charge in [0.2, 0.25) is 6.71 Å². The summed E-state index contributed by atoms with van der Waals surface area (Å²) in [6.45, 7) is 4.46. The van der Waals surface area contributed by atoms with E-state index in [2.05, 4.69) is 394 Å². The molecular formula is C93H67BN2O. The second-order valence-electron chi connectivity index (χ2n) is 25.6. The van der Waals surface area contributed by atoms with Gasteiger partial charge in [-0.05, 0) is 177 Å². The highest BCUT2D eigenvalue weighted by Gasteiger charge is 2.53. The Morgan fingerprint density at radius 2 is 0.485 bits per heavy atom. The maximum absolute atomic E-state index is 7.63. The number of fused-ring (bicyclic) bond motifs is 8. The van der Waals surface area contributed by atoms with E-state index in [1.54, 1.807) is 0 Å². The van der Waals surface area contributed by atoms with Gasteiger partial charge in [-0.25, -0.2) is 0 Å². The summed E-state index contributed by atoms with van der Waals surface area (Å²) in [6, 6.07) is 136. The Bertz CT molecular complexity index is 4840. The van der Waals surface area contributed by atoms with Gasteiger partial charge in [-0.15, -0.1) is 0 Å². The Balaban J connectivity index is 0.967. The van der Waals surface area contributed by atoms with Crippen LogP contribution in [-0.2, 0) is 5.41 Å². The lowest BCUT2D eigenvalue weighted by Crippen LogP contribution is -2.63. The molecule has 0 aliphatic carbocycles. The molecular weight excluding hydrogens is 1170 g/mol. The summed E-state index contributed by atoms with van der Waals surface area (Å²) in [5.74, 6) is 1.59. The third-order valence-corrected chi connectivity index (χ3v) is 20.0. The van der Waals surface area contributed by atoms with E-state index < -0.39 is 5.41 Å². The first-order valence-electron chi connectivity index (χ1n) is 33.6. The Morgan fingerprint density at radius 1 is 0.227 bits per heavy atom. The average molecular weight is 1240 g/mol. The van der Waals surface area contributed by atoms with Gasteiger partial charge in [-0.2, -0.15) is 0 Å². The van der Waals surface area contributed by atoms with Crippen LogP contribution in [0.15, 0.2) is 370 Å². The number of nitrogens with zero attached hydrogens (tertiary/aromatic N) is 2. The standard InChI is InChI=1S/C93H67BN2O/c1-64-22-21-23-65(2)92(64)94-88-56-44-76(70-32-17-7-18-33-70)60-84(88)93(85-61-77(45-57-89(85)94)71-34-19-8-20-35-71)86-62-82(95(78-46-36-72(37-47-78)66-24-9-3-10-25-66)79-48-38-73(39-49-79)67-26-11-4-12-27-67)54-58-90(86)97-91-59-55-83(63-87(91)93)96(80-50-40-74(41-51-80)68-28-13-5-14-29-68)81-52-42-75(43-53-81)69-30-15-6-16-31-69/h3-63H,1-2H3. The van der Waals surface area contributed by atoms with Gasteiger partial charge in [0, 0.05) is 45.3 Å². The average Bonchev–Trinajstić information content (AvgIpc) is 0.675. The summed E-state index contributed by atoms with van der Waals surface area (Å²) in [5, 5.41) is 0. The molecule has 0 unspecified atom stereocenters. The quantitative estimate of drug-likeness (QED) is 0.107. The molecule has 0 N–H and O–H groups in total. The molecule has 2 aliphatic heterocycles. The van der Waals surface area contributed by atoms with Crippen molar-refractivity contribution in [3.05, 3.63) is 403 Å². The van der Waals surface area contributed by atoms with Crippen molar-refractivity contribution in [1.29, 1.82) is 0 Å². The molecule has 2 heterocycles. The topological polar surface area (TPSA) is 15.7 Å². The Kier molecular flexibility index (Phi) is 15.0. The fourth-order valence-corrected chi connectivity index (χ4v) is 15.3. The van der Waals surface area contributed by atoms with E-state index in [1.807, 2.05) is 0 Å². The van der Waals surface area contributed by atoms with Crippen LogP contribution in [0, 0.1) is 13.8 Å². The monoisotopic (exact) mass is 1240 g/mol. The summed E-state index contributed by atoms with van der Waals surface area (Å²) >= 11 is 0. The molecule has 0 radical (unpaired) electrons. The second kappa shape index (κ2) is 24.9. The van der Waals surface area contributed by atoms with Crippen molar-refractivity contribution in [2.24, 2.45) is 0 Å². The van der Waals surface area contributed by atoms with E-state index in [-0.39, 0.29) is 6.71 Å². The van der Waals surface area contributed by atoms with Crippen molar-refractivity contribution in [2.75, 3.05) is 9.80 Å². The minimum absolute atomic E-state index is 0.127. The van der Waals surface area contributed by atoms with E-state index in [4.69, 9.17) is 4.74 Å². The van der Waals surface area contributed by atoms with Crippen LogP contribution in [0.25, 0.3) is 66.8 Å². The van der Waals surface area contributed by atoms with Crippen LogP contribution in [0.4, 0.5) is 34.1 Å². The fraction of sp³-hybridized carbons (Fsp3) is 0.0323. The molecule has 0 aromatic heterocycles. The highest BCUT2D eigenvalue weighted by molar-refractivity contribution is 6.97. The number of hydrogen-bond donors (Lipinski definition) is 0. The number of anilines is 6. The lowest BCUT2D eigenvalue weighted by atomic mass is 9.29. The van der Waals surface area contributed by atoms with E-state index in [0.29, 0.717) is 0 Å². The Labute approximate surface area is 569 Å². The van der Waals surface area contributed by atoms with Gasteiger partial charge >= 0.3 is 0 Å². The molecule has 15 aromatic rings. The van der Waals surface area contributed by atoms with Gasteiger partial charge in [-0.3, -0.25) is 0 Å². The first-order valence-corrected chi connectivity index (χ1v) is 33.6. The summed E-state index contributed by atoms with van der Waals surface area (Å²) in [6.07, 6.45) is 0. The van der Waals surface area contributed by atoms with Gasteiger partial charge in [0.25, 0.3) is 0 Å². The molecule has 3 nitrogen and oxygen atoms in total. The summed E-state index contributed by atoms with van der Waals surface area (Å²) in [5.41, 5.74) is 29.8. The first-order chi connectivity index (χ1) is 47.9. The molecule has 0 fully saturated rings. The number of aryl methyl sites for hydroxylation is 2. The fourth-order valence-electron chi connectivity index (χ4n) is 15.3. The maximum Gasteiger partial charge on any atom is 0.242 e. The number of benzene rings is 15. The van der Waals surface area contributed by atoms with Crippen molar-refractivity contribution >= 4 is 57.2 Å². The molecule has 0 saturated heterocycles. The molecule has 2 aliphatic rings. The minimum atomic E-state index is -1.03. The molecule has 0 bridgehead atoms. The maximum atomic E-state index is 7.63. The normalized spacial score (nSPS) is 12.4. The number of hydrogen-bond acceptors (Lipinski definition) is 3. The zero-order chi connectivity index (χ0) is 64.8. The predicted molar refractivity (Wildman–Crippen MR) is 407 cm³/mol. The van der Waals surface area contributed by atoms with E-state index >= 15 is 0 Å². The molecule has 0 saturated carbocycles. The van der Waals surface area contributed by atoms with Crippen LogP contribution in [0.2, 0.25) is 0 Å². The predicted octanol–water partition coefficient (Wildman–Crippen LogP) is 22.6. The van der Waals surface area contributed by atoms with Gasteiger partial charge in [-0.1, -0.05) is 313 Å². The molecule has 15 aromatic carbocycles. The van der Waals surface area contributed by atoms with Crippen molar-refractivity contribution in [3.63, 3.8) is 0 Å². The largest absolute Gasteiger partial charge is 0.457 e. The zero-order valence-corrected chi connectivity index (χ0v) is 54.1. The van der Waals surface area contributed by atoms with E-state index in [9.17, 15) is 0 Å². The number of ether oxygens (including phenoxy) is 1. The van der Waals surface area contributed by atoms with Crippen LogP contribution in [-0.4, -0.2) is 6.71 Å². The zero-order valence-electron chi connectivity index (χ0n) is 54.1. The van der Waals surface area contributed by atoms with E-state index in [0.717, 1.165) is 101 Å². The van der Waals surface area contributed by atoms with Crippen molar-refractivity contribution in [3.8, 4) is 78.3 Å². The molecule has 0 amide bonds. The van der Waals surface area contributed by atoms with Gasteiger partial charge in [0.05, 0.1) is 5.41 Å². The highest BCUT2D eigenvalue weighted by atomic mass is 16.5. The highest BCUT2D eigenvalue weighted by Crippen LogP contribution is 2.59. The Morgan fingerprint density at radius 3 is 0.784 bits per heavy atom. The van der Waals surface area contributed by atoms with Gasteiger partial charge < -0.3 is 14.5 Å². The molecule has 1 spiro atoms. The van der Waals surface area contributed by atoms with Crippen LogP contribution in [0.1, 0.15) is 33.4 Å². The Hall–Kier alpha value is -12.2. The SMILES string of the molecule is Cc1cccc(C)c1B1c2ccc(-c3ccccc3)cc2C2(c3cc(N(c4ccc(-c5ccccc5)cc4)c4ccc(-c5ccccc5)cc4)ccc3Oc3ccc(N(c4ccc(-c5ccccc5)cc4)c4ccc(-c5ccccc5)cc4)cc32)c2cc(-c3ccccc3)ccc21. The lowest BCUT2D eigenvalue weighted by molar-refractivity contribution is 0.435. The van der Waals surface area contributed by atoms with Gasteiger partial charge in [0.1, 0.15) is 11.5 Å². The lowest BCUT2D eigenvalue weighted by Gasteiger charge is -2.48. The molecule has 458 valence electrons. The summed E-state index contributed by atoms with van der Waals surface area (Å²) in [4.78, 5) is 4.85. The smallest absolute Gasteiger partial charge is 0.242 e. The summed E-state index contributed by atoms with van der Waals surface area (Å²) in [7, 11) is 0. The third kappa shape index (κ3) is 10.6. The van der Waals surface area contributed by atoms with Gasteiger partial charge in [0.15, 0.2) is 0 Å². The van der Waals surface area contributed by atoms with Crippen molar-refractivity contribution in [2.45, 2.75) is 19.3 Å². The minimum Gasteiger partial charge on any atom is -0.457 e. The van der Waals surface area contributed by atoms with Crippen LogP contribution in [0.5, 0.6) is 11.5 Å². The van der Waals surface area contributed by atoms with Crippen molar-refractivity contribution in [1.82, 2.24) is 0 Å². The van der Waals surface area contributed by atoms with E-state index in [1.165, 1.54) is 60.9 Å². The summed E-state index contributed by atoms with van der Waals surface area (Å²) < 4.78 is 7.63. The molecule has 4 heteroatoms. The van der Waals surface area contributed by atoms with Crippen LogP contribution >= 0.6 is 0 Å². The molecule has 17 rings (SSSR count). The third-order valence-electron chi connectivity index (χ3n) is 20.0. The van der Waals surface area contributed by atoms with Crippen molar-refractivity contribution < 1.29 is 4.74 Å². The number of rotatable bonds is 13. The molecule has 0 atom stereocenters. The van der Waals surface area contributed by atoms with Crippen LogP contribution in [0.3, 0.4) is 0 Å². The second-order valence-corrected chi connectivity index (χ2v) is 25.6. The van der Waals surface area contributed by atoms with Crippen LogP contribution < -0.4 is 30.9 Å². The first kappa shape index (κ1) is 58.6. The molecule has 97 heavy (non-hydrogen) atoms.